The number of hydrogen-bond acceptors (Lipinski definition) is 3. The molecule has 0 saturated heterocycles. The molecule has 0 atom stereocenters. The molecule has 2 aromatic rings. The van der Waals surface area contributed by atoms with Gasteiger partial charge in [-0.1, -0.05) is 30.0 Å². The van der Waals surface area contributed by atoms with Crippen LogP contribution < -0.4 is 0 Å². The number of halogens is 1. The van der Waals surface area contributed by atoms with Gasteiger partial charge in [-0.05, 0) is 18.2 Å². The highest BCUT2D eigenvalue weighted by molar-refractivity contribution is 7.99. The fourth-order valence-corrected chi connectivity index (χ4v) is 2.09. The van der Waals surface area contributed by atoms with Gasteiger partial charge in [0, 0.05) is 11.1 Å². The lowest BCUT2D eigenvalue weighted by atomic mass is 10.3. The monoisotopic (exact) mass is 249 g/mol. The molecule has 0 aliphatic rings. The molecule has 1 heterocycles. The third-order valence-electron chi connectivity index (χ3n) is 2.05. The van der Waals surface area contributed by atoms with Crippen molar-refractivity contribution >= 4 is 17.7 Å². The number of pyridine rings is 1. The average Bonchev–Trinajstić information content (AvgIpc) is 2.33. The van der Waals surface area contributed by atoms with Crippen LogP contribution in [-0.2, 0) is 0 Å². The highest BCUT2D eigenvalue weighted by Crippen LogP contribution is 2.28. The number of carboxylic acid groups (broad SMARTS) is 1. The van der Waals surface area contributed by atoms with Gasteiger partial charge >= 0.3 is 5.97 Å². The molecule has 0 saturated carbocycles. The van der Waals surface area contributed by atoms with Crippen molar-refractivity contribution < 1.29 is 14.3 Å². The van der Waals surface area contributed by atoms with Gasteiger partial charge < -0.3 is 5.11 Å². The van der Waals surface area contributed by atoms with E-state index in [0.29, 0.717) is 0 Å². The maximum atomic E-state index is 13.7. The quantitative estimate of drug-likeness (QED) is 0.908. The van der Waals surface area contributed by atoms with Crippen LogP contribution in [-0.4, -0.2) is 16.1 Å². The Bertz CT molecular complexity index is 545. The standard InChI is InChI=1S/C12H8FNO2S/c13-10-9(12(15)16)6-7-14-11(10)17-8-4-2-1-3-5-8/h1-7H,(H,15,16). The van der Waals surface area contributed by atoms with E-state index in [1.807, 2.05) is 18.2 Å². The zero-order chi connectivity index (χ0) is 12.3. The zero-order valence-electron chi connectivity index (χ0n) is 8.63. The summed E-state index contributed by atoms with van der Waals surface area (Å²) in [6.45, 7) is 0. The number of carbonyl (C=O) groups is 1. The summed E-state index contributed by atoms with van der Waals surface area (Å²) < 4.78 is 13.7. The van der Waals surface area contributed by atoms with E-state index in [1.54, 1.807) is 12.1 Å². The number of nitrogens with zero attached hydrogens (tertiary/aromatic N) is 1. The van der Waals surface area contributed by atoms with Crippen LogP contribution in [0.1, 0.15) is 10.4 Å². The fourth-order valence-electron chi connectivity index (χ4n) is 1.26. The summed E-state index contributed by atoms with van der Waals surface area (Å²) in [7, 11) is 0. The molecule has 17 heavy (non-hydrogen) atoms. The van der Waals surface area contributed by atoms with Gasteiger partial charge in [-0.3, -0.25) is 0 Å². The molecule has 0 spiro atoms. The predicted molar refractivity (Wildman–Crippen MR) is 61.7 cm³/mol. The second-order valence-corrected chi connectivity index (χ2v) is 4.26. The Kier molecular flexibility index (Phi) is 3.39. The second kappa shape index (κ2) is 4.97. The molecule has 0 amide bonds. The lowest BCUT2D eigenvalue weighted by Crippen LogP contribution is -2.02. The third kappa shape index (κ3) is 2.62. The number of carboxylic acids is 1. The predicted octanol–water partition coefficient (Wildman–Crippen LogP) is 3.07. The van der Waals surface area contributed by atoms with E-state index in [4.69, 9.17) is 5.11 Å². The molecule has 0 unspecified atom stereocenters. The summed E-state index contributed by atoms with van der Waals surface area (Å²) >= 11 is 1.10. The van der Waals surface area contributed by atoms with Crippen molar-refractivity contribution in [2.45, 2.75) is 9.92 Å². The van der Waals surface area contributed by atoms with Crippen LogP contribution in [0.3, 0.4) is 0 Å². The molecule has 3 nitrogen and oxygen atoms in total. The van der Waals surface area contributed by atoms with Crippen LogP contribution >= 0.6 is 11.8 Å². The largest absolute Gasteiger partial charge is 0.478 e. The molecule has 1 aromatic heterocycles. The van der Waals surface area contributed by atoms with Crippen LogP contribution in [0.25, 0.3) is 0 Å². The van der Waals surface area contributed by atoms with Gasteiger partial charge in [0.1, 0.15) is 5.03 Å². The number of aromatic nitrogens is 1. The molecular formula is C12H8FNO2S. The van der Waals surface area contributed by atoms with Gasteiger partial charge in [0.25, 0.3) is 0 Å². The molecule has 86 valence electrons. The van der Waals surface area contributed by atoms with Gasteiger partial charge in [0.15, 0.2) is 5.82 Å². The Labute approximate surface area is 101 Å². The van der Waals surface area contributed by atoms with Gasteiger partial charge in [-0.25, -0.2) is 14.2 Å². The number of rotatable bonds is 3. The first-order valence-electron chi connectivity index (χ1n) is 4.79. The molecule has 0 aliphatic heterocycles. The number of aromatic carboxylic acids is 1. The minimum atomic E-state index is -1.29. The van der Waals surface area contributed by atoms with E-state index < -0.39 is 11.8 Å². The van der Waals surface area contributed by atoms with Crippen LogP contribution in [0.5, 0.6) is 0 Å². The van der Waals surface area contributed by atoms with Gasteiger partial charge in [-0.2, -0.15) is 0 Å². The highest BCUT2D eigenvalue weighted by Gasteiger charge is 2.15. The van der Waals surface area contributed by atoms with E-state index in [2.05, 4.69) is 4.98 Å². The molecule has 1 aromatic carbocycles. The SMILES string of the molecule is O=C(O)c1ccnc(Sc2ccccc2)c1F. The number of hydrogen-bond donors (Lipinski definition) is 1. The van der Waals surface area contributed by atoms with Crippen LogP contribution in [0.4, 0.5) is 4.39 Å². The Morgan fingerprint density at radius 2 is 1.94 bits per heavy atom. The minimum absolute atomic E-state index is 0.0658. The lowest BCUT2D eigenvalue weighted by molar-refractivity contribution is 0.0691. The van der Waals surface area contributed by atoms with Crippen molar-refractivity contribution in [3.63, 3.8) is 0 Å². The number of benzene rings is 1. The molecular weight excluding hydrogens is 241 g/mol. The zero-order valence-corrected chi connectivity index (χ0v) is 9.45. The van der Waals surface area contributed by atoms with Gasteiger partial charge in [0.2, 0.25) is 0 Å². The summed E-state index contributed by atoms with van der Waals surface area (Å²) in [6, 6.07) is 10.2. The molecule has 0 bridgehead atoms. The Morgan fingerprint density at radius 1 is 1.24 bits per heavy atom. The third-order valence-corrected chi connectivity index (χ3v) is 3.03. The maximum absolute atomic E-state index is 13.7. The van der Waals surface area contributed by atoms with E-state index in [9.17, 15) is 9.18 Å². The van der Waals surface area contributed by atoms with E-state index in [0.717, 1.165) is 22.7 Å². The molecule has 0 radical (unpaired) electrons. The first-order chi connectivity index (χ1) is 8.18. The van der Waals surface area contributed by atoms with Gasteiger partial charge in [0.05, 0.1) is 5.56 Å². The summed E-state index contributed by atoms with van der Waals surface area (Å²) in [6.07, 6.45) is 1.29. The Balaban J connectivity index is 2.34. The topological polar surface area (TPSA) is 50.2 Å². The first-order valence-corrected chi connectivity index (χ1v) is 5.61. The molecule has 5 heteroatoms. The van der Waals surface area contributed by atoms with Crippen molar-refractivity contribution in [2.75, 3.05) is 0 Å². The maximum Gasteiger partial charge on any atom is 0.338 e. The summed E-state index contributed by atoms with van der Waals surface area (Å²) in [5, 5.41) is 8.84. The van der Waals surface area contributed by atoms with Crippen LogP contribution in [0.2, 0.25) is 0 Å². The van der Waals surface area contributed by atoms with Crippen LogP contribution in [0.15, 0.2) is 52.5 Å². The first kappa shape index (κ1) is 11.6. The molecule has 0 fully saturated rings. The Morgan fingerprint density at radius 3 is 2.59 bits per heavy atom. The lowest BCUT2D eigenvalue weighted by Gasteiger charge is -2.03. The van der Waals surface area contributed by atoms with Gasteiger partial charge in [-0.15, -0.1) is 0 Å². The summed E-state index contributed by atoms with van der Waals surface area (Å²) in [5.74, 6) is -2.09. The molecule has 0 aliphatic carbocycles. The smallest absolute Gasteiger partial charge is 0.338 e. The van der Waals surface area contributed by atoms with Crippen molar-refractivity contribution in [2.24, 2.45) is 0 Å². The fraction of sp³-hybridized carbons (Fsp3) is 0. The van der Waals surface area contributed by atoms with Crippen molar-refractivity contribution in [3.05, 3.63) is 54.0 Å². The molecule has 1 N–H and O–H groups in total. The van der Waals surface area contributed by atoms with Crippen LogP contribution in [0, 0.1) is 5.82 Å². The van der Waals surface area contributed by atoms with Crippen molar-refractivity contribution in [1.29, 1.82) is 0 Å². The Hall–Kier alpha value is -1.88. The van der Waals surface area contributed by atoms with E-state index in [1.165, 1.54) is 6.20 Å². The summed E-state index contributed by atoms with van der Waals surface area (Å²) in [5.41, 5.74) is -0.363. The molecule has 2 rings (SSSR count). The second-order valence-electron chi connectivity index (χ2n) is 3.20. The summed E-state index contributed by atoms with van der Waals surface area (Å²) in [4.78, 5) is 15.4. The van der Waals surface area contributed by atoms with Crippen molar-refractivity contribution in [3.8, 4) is 0 Å². The van der Waals surface area contributed by atoms with Crippen molar-refractivity contribution in [1.82, 2.24) is 4.98 Å². The highest BCUT2D eigenvalue weighted by atomic mass is 32.2. The van der Waals surface area contributed by atoms with E-state index in [-0.39, 0.29) is 10.6 Å². The average molecular weight is 249 g/mol. The normalized spacial score (nSPS) is 10.2. The van der Waals surface area contributed by atoms with E-state index >= 15 is 0 Å². The minimum Gasteiger partial charge on any atom is -0.478 e.